The van der Waals surface area contributed by atoms with Crippen molar-refractivity contribution < 1.29 is 14.6 Å². The molecular weight excluding hydrogens is 268 g/mol. The summed E-state index contributed by atoms with van der Waals surface area (Å²) in [6.07, 6.45) is 0. The van der Waals surface area contributed by atoms with Gasteiger partial charge in [0, 0.05) is 25.6 Å². The van der Waals surface area contributed by atoms with Gasteiger partial charge in [-0.15, -0.1) is 0 Å². The normalized spacial score (nSPS) is 24.9. The van der Waals surface area contributed by atoms with Crippen LogP contribution in [0.25, 0.3) is 0 Å². The Hall–Kier alpha value is -1.43. The van der Waals surface area contributed by atoms with Crippen molar-refractivity contribution in [3.63, 3.8) is 0 Å². The van der Waals surface area contributed by atoms with Crippen LogP contribution in [0.5, 0.6) is 0 Å². The van der Waals surface area contributed by atoms with Crippen LogP contribution >= 0.6 is 0 Å². The molecule has 1 aliphatic heterocycles. The first-order valence-electron chi connectivity index (χ1n) is 7.11. The van der Waals surface area contributed by atoms with Crippen LogP contribution in [0.1, 0.15) is 26.3 Å². The minimum atomic E-state index is -0.407. The molecule has 118 valence electrons. The minimum absolute atomic E-state index is 0.116. The van der Waals surface area contributed by atoms with E-state index in [-0.39, 0.29) is 18.1 Å². The van der Waals surface area contributed by atoms with Gasteiger partial charge in [-0.2, -0.15) is 0 Å². The van der Waals surface area contributed by atoms with E-state index in [1.165, 1.54) is 0 Å². The molecule has 0 amide bonds. The van der Waals surface area contributed by atoms with Crippen molar-refractivity contribution in [2.24, 2.45) is 11.7 Å². The van der Waals surface area contributed by atoms with Gasteiger partial charge in [0.1, 0.15) is 5.60 Å². The lowest BCUT2D eigenvalue weighted by molar-refractivity contribution is -0.138. The largest absolute Gasteiger partial charge is 0.462 e. The first kappa shape index (κ1) is 17.6. The number of aliphatic hydroxyl groups is 1. The molecule has 0 aromatic heterocycles. The smallest absolute Gasteiger partial charge is 0.293 e. The van der Waals surface area contributed by atoms with Crippen LogP contribution in [0.3, 0.4) is 0 Å². The Morgan fingerprint density at radius 2 is 2.05 bits per heavy atom. The molecule has 1 aromatic rings. The molecule has 5 nitrogen and oxygen atoms in total. The van der Waals surface area contributed by atoms with Crippen LogP contribution in [0, 0.1) is 5.92 Å². The first-order valence-corrected chi connectivity index (χ1v) is 7.11. The van der Waals surface area contributed by atoms with E-state index in [0.717, 1.165) is 18.7 Å². The lowest BCUT2D eigenvalue weighted by atomic mass is 9.82. The van der Waals surface area contributed by atoms with Gasteiger partial charge in [-0.05, 0) is 26.3 Å². The summed E-state index contributed by atoms with van der Waals surface area (Å²) in [5, 5.41) is 12.5. The van der Waals surface area contributed by atoms with Crippen molar-refractivity contribution in [1.82, 2.24) is 5.32 Å². The van der Waals surface area contributed by atoms with Gasteiger partial charge in [0.05, 0.1) is 5.54 Å². The Kier molecular flexibility index (Phi) is 6.33. The number of carbonyl (C=O) groups excluding carboxylic acids is 1. The average molecular weight is 294 g/mol. The minimum Gasteiger partial charge on any atom is -0.462 e. The zero-order chi connectivity index (χ0) is 15.9. The van der Waals surface area contributed by atoms with Crippen LogP contribution in [-0.4, -0.2) is 36.9 Å². The second-order valence-corrected chi connectivity index (χ2v) is 6.24. The van der Waals surface area contributed by atoms with E-state index in [1.54, 1.807) is 0 Å². The van der Waals surface area contributed by atoms with Crippen LogP contribution in [0.4, 0.5) is 0 Å². The van der Waals surface area contributed by atoms with E-state index in [9.17, 15) is 9.90 Å². The molecule has 1 saturated heterocycles. The molecule has 0 bridgehead atoms. The summed E-state index contributed by atoms with van der Waals surface area (Å²) in [6.45, 7) is 7.59. The number of carbonyl (C=O) groups is 1. The van der Waals surface area contributed by atoms with E-state index in [4.69, 9.17) is 5.73 Å². The summed E-state index contributed by atoms with van der Waals surface area (Å²) < 4.78 is 4.55. The predicted octanol–water partition coefficient (Wildman–Crippen LogP) is 1.01. The first-order chi connectivity index (χ1) is 9.83. The fraction of sp³-hybridized carbons (Fsp3) is 0.562. The van der Waals surface area contributed by atoms with Crippen LogP contribution in [-0.2, 0) is 15.1 Å². The van der Waals surface area contributed by atoms with Gasteiger partial charge in [0.2, 0.25) is 0 Å². The zero-order valence-corrected chi connectivity index (χ0v) is 13.0. The number of ether oxygens (including phenoxy) is 1. The molecule has 5 heteroatoms. The maximum atomic E-state index is 9.60. The molecule has 0 saturated carbocycles. The van der Waals surface area contributed by atoms with Crippen LogP contribution in [0.15, 0.2) is 30.3 Å². The highest BCUT2D eigenvalue weighted by atomic mass is 16.5. The van der Waals surface area contributed by atoms with Crippen molar-refractivity contribution in [2.75, 3.05) is 19.7 Å². The van der Waals surface area contributed by atoms with E-state index in [2.05, 4.69) is 10.1 Å². The number of aliphatic hydroxyl groups excluding tert-OH is 1. The van der Waals surface area contributed by atoms with Crippen LogP contribution in [0.2, 0.25) is 0 Å². The molecular formula is C16H26N2O3. The SMILES string of the molecule is CC(C)(C)OC=O.NC1(c2ccccc2)CNCC1CO. The molecule has 21 heavy (non-hydrogen) atoms. The number of hydrogen-bond donors (Lipinski definition) is 3. The molecule has 2 rings (SSSR count). The quantitative estimate of drug-likeness (QED) is 0.725. The Bertz CT molecular complexity index is 431. The lowest BCUT2D eigenvalue weighted by Gasteiger charge is -2.29. The summed E-state index contributed by atoms with van der Waals surface area (Å²) in [4.78, 5) is 9.60. The topological polar surface area (TPSA) is 84.6 Å². The van der Waals surface area contributed by atoms with Gasteiger partial charge < -0.3 is 20.9 Å². The predicted molar refractivity (Wildman–Crippen MR) is 82.7 cm³/mol. The summed E-state index contributed by atoms with van der Waals surface area (Å²) in [6, 6.07) is 9.99. The molecule has 0 aliphatic carbocycles. The summed E-state index contributed by atoms with van der Waals surface area (Å²) in [5.41, 5.74) is 6.69. The van der Waals surface area contributed by atoms with E-state index in [1.807, 2.05) is 51.1 Å². The van der Waals surface area contributed by atoms with E-state index in [0.29, 0.717) is 6.47 Å². The molecule has 1 fully saturated rings. The lowest BCUT2D eigenvalue weighted by Crippen LogP contribution is -2.45. The van der Waals surface area contributed by atoms with Crippen molar-refractivity contribution in [3.8, 4) is 0 Å². The highest BCUT2D eigenvalue weighted by Crippen LogP contribution is 2.29. The number of nitrogens with two attached hydrogens (primary N) is 1. The maximum absolute atomic E-state index is 9.60. The Labute approximate surface area is 126 Å². The third kappa shape index (κ3) is 5.12. The van der Waals surface area contributed by atoms with E-state index >= 15 is 0 Å². The van der Waals surface area contributed by atoms with Gasteiger partial charge in [-0.3, -0.25) is 4.79 Å². The Balaban J connectivity index is 0.000000270. The molecule has 1 aliphatic rings. The van der Waals surface area contributed by atoms with Gasteiger partial charge in [-0.25, -0.2) is 0 Å². The van der Waals surface area contributed by atoms with Crippen molar-refractivity contribution in [2.45, 2.75) is 31.9 Å². The van der Waals surface area contributed by atoms with Crippen molar-refractivity contribution in [1.29, 1.82) is 0 Å². The molecule has 1 heterocycles. The van der Waals surface area contributed by atoms with Gasteiger partial charge >= 0.3 is 0 Å². The fourth-order valence-electron chi connectivity index (χ4n) is 2.24. The van der Waals surface area contributed by atoms with Gasteiger partial charge in [-0.1, -0.05) is 30.3 Å². The van der Waals surface area contributed by atoms with Crippen LogP contribution < -0.4 is 11.1 Å². The number of hydrogen-bond acceptors (Lipinski definition) is 5. The van der Waals surface area contributed by atoms with Gasteiger partial charge in [0.25, 0.3) is 6.47 Å². The number of nitrogens with one attached hydrogen (secondary N) is 1. The molecule has 0 radical (unpaired) electrons. The summed E-state index contributed by atoms with van der Waals surface area (Å²) in [7, 11) is 0. The molecule has 4 N–H and O–H groups in total. The molecule has 1 aromatic carbocycles. The Morgan fingerprint density at radius 3 is 2.48 bits per heavy atom. The summed E-state index contributed by atoms with van der Waals surface area (Å²) >= 11 is 0. The third-order valence-corrected chi connectivity index (χ3v) is 3.47. The van der Waals surface area contributed by atoms with Gasteiger partial charge in [0.15, 0.2) is 0 Å². The third-order valence-electron chi connectivity index (χ3n) is 3.47. The molecule has 2 unspecified atom stereocenters. The Morgan fingerprint density at radius 1 is 1.43 bits per heavy atom. The highest BCUT2D eigenvalue weighted by Gasteiger charge is 2.40. The van der Waals surface area contributed by atoms with Crippen molar-refractivity contribution >= 4 is 6.47 Å². The van der Waals surface area contributed by atoms with E-state index < -0.39 is 5.54 Å². The molecule has 2 atom stereocenters. The molecule has 0 spiro atoms. The average Bonchev–Trinajstić information content (AvgIpc) is 2.82. The fourth-order valence-corrected chi connectivity index (χ4v) is 2.24. The van der Waals surface area contributed by atoms with Crippen molar-refractivity contribution in [3.05, 3.63) is 35.9 Å². The second kappa shape index (κ2) is 7.54. The maximum Gasteiger partial charge on any atom is 0.293 e. The zero-order valence-electron chi connectivity index (χ0n) is 13.0. The number of rotatable bonds is 3. The highest BCUT2D eigenvalue weighted by molar-refractivity contribution is 5.37. The standard InChI is InChI=1S/C11H16N2O.C5H10O2/c12-11(8-13-6-10(11)7-14)9-4-2-1-3-5-9;1-5(2,3)7-4-6/h1-5,10,13-14H,6-8,12H2;4H,1-3H3. The summed E-state index contributed by atoms with van der Waals surface area (Å²) in [5.74, 6) is 0.116. The number of benzene rings is 1. The second-order valence-electron chi connectivity index (χ2n) is 6.24. The monoisotopic (exact) mass is 294 g/mol.